The number of alkyl carbamates (subject to hydrolysis) is 1. The van der Waals surface area contributed by atoms with Crippen molar-refractivity contribution in [2.24, 2.45) is 5.73 Å². The summed E-state index contributed by atoms with van der Waals surface area (Å²) in [5.41, 5.74) is 7.46. The summed E-state index contributed by atoms with van der Waals surface area (Å²) in [5, 5.41) is 5.43. The zero-order valence-corrected chi connectivity index (χ0v) is 18.2. The predicted octanol–water partition coefficient (Wildman–Crippen LogP) is 2.92. The molecule has 166 valence electrons. The number of benzene rings is 2. The summed E-state index contributed by atoms with van der Waals surface area (Å²) < 4.78 is 9.76. The molecule has 0 spiro atoms. The fraction of sp³-hybridized carbons (Fsp3) is 0.318. The number of thioether (sulfide) groups is 1. The highest BCUT2D eigenvalue weighted by molar-refractivity contribution is 8.00. The second kappa shape index (κ2) is 13.3. The Morgan fingerprint density at radius 2 is 1.77 bits per heavy atom. The first-order valence-corrected chi connectivity index (χ1v) is 10.8. The molecule has 0 radical (unpaired) electrons. The monoisotopic (exact) mass is 445 g/mol. The Labute approximate surface area is 185 Å². The standard InChI is InChI=1S/C22H27N3O5S/c1-29-20(26)15-31-19-12-6-5-11-18(19)25-21(27)17(23)10-7-13-24-22(28)30-14-16-8-3-2-4-9-16/h2-6,8-9,11-12,17H,7,10,13-15,23H2,1H3,(H,24,28)(H,25,27)/t17-/m0/s1. The molecule has 0 saturated heterocycles. The number of carbonyl (C=O) groups excluding carboxylic acids is 3. The van der Waals surface area contributed by atoms with Gasteiger partial charge in [-0.05, 0) is 30.5 Å². The number of ether oxygens (including phenoxy) is 2. The van der Waals surface area contributed by atoms with E-state index >= 15 is 0 Å². The van der Waals surface area contributed by atoms with Crippen LogP contribution in [0.4, 0.5) is 10.5 Å². The van der Waals surface area contributed by atoms with Crippen LogP contribution in [0.25, 0.3) is 0 Å². The van der Waals surface area contributed by atoms with Gasteiger partial charge in [0, 0.05) is 11.4 Å². The lowest BCUT2D eigenvalue weighted by Crippen LogP contribution is -2.36. The fourth-order valence-corrected chi connectivity index (χ4v) is 3.38. The second-order valence-corrected chi connectivity index (χ2v) is 7.60. The molecule has 0 aromatic heterocycles. The first kappa shape index (κ1) is 24.2. The van der Waals surface area contributed by atoms with Crippen LogP contribution in [0.3, 0.4) is 0 Å². The molecule has 31 heavy (non-hydrogen) atoms. The van der Waals surface area contributed by atoms with E-state index in [1.54, 1.807) is 18.2 Å². The zero-order valence-electron chi connectivity index (χ0n) is 17.3. The molecular formula is C22H27N3O5S. The average Bonchev–Trinajstić information content (AvgIpc) is 2.80. The van der Waals surface area contributed by atoms with Crippen molar-refractivity contribution in [2.45, 2.75) is 30.4 Å². The number of esters is 1. The third kappa shape index (κ3) is 9.10. The lowest BCUT2D eigenvalue weighted by molar-refractivity contribution is -0.137. The van der Waals surface area contributed by atoms with Gasteiger partial charge in [0.2, 0.25) is 5.91 Å². The van der Waals surface area contributed by atoms with Gasteiger partial charge in [0.1, 0.15) is 6.61 Å². The minimum atomic E-state index is -0.735. The molecule has 0 saturated carbocycles. The normalized spacial score (nSPS) is 11.3. The number of anilines is 1. The first-order valence-electron chi connectivity index (χ1n) is 9.79. The van der Waals surface area contributed by atoms with Gasteiger partial charge < -0.3 is 25.8 Å². The number of hydrogen-bond acceptors (Lipinski definition) is 7. The highest BCUT2D eigenvalue weighted by Gasteiger charge is 2.16. The van der Waals surface area contributed by atoms with Crippen LogP contribution in [0.2, 0.25) is 0 Å². The number of nitrogens with one attached hydrogen (secondary N) is 2. The van der Waals surface area contributed by atoms with Crippen molar-refractivity contribution in [2.75, 3.05) is 24.7 Å². The van der Waals surface area contributed by atoms with Crippen molar-refractivity contribution >= 4 is 35.4 Å². The van der Waals surface area contributed by atoms with Gasteiger partial charge in [-0.3, -0.25) is 9.59 Å². The summed E-state index contributed by atoms with van der Waals surface area (Å²) in [5.74, 6) is -0.544. The molecule has 0 aliphatic rings. The number of para-hydroxylation sites is 1. The molecule has 1 atom stereocenters. The van der Waals surface area contributed by atoms with Crippen LogP contribution in [0.5, 0.6) is 0 Å². The molecule has 2 aromatic carbocycles. The molecular weight excluding hydrogens is 418 g/mol. The van der Waals surface area contributed by atoms with Crippen molar-refractivity contribution in [3.63, 3.8) is 0 Å². The zero-order chi connectivity index (χ0) is 22.5. The van der Waals surface area contributed by atoms with Crippen LogP contribution < -0.4 is 16.4 Å². The van der Waals surface area contributed by atoms with Crippen LogP contribution >= 0.6 is 11.8 Å². The van der Waals surface area contributed by atoms with Gasteiger partial charge in [-0.1, -0.05) is 42.5 Å². The summed E-state index contributed by atoms with van der Waals surface area (Å²) in [6.07, 6.45) is 0.397. The quantitative estimate of drug-likeness (QED) is 0.276. The molecule has 0 bridgehead atoms. The number of hydrogen-bond donors (Lipinski definition) is 3. The van der Waals surface area contributed by atoms with E-state index in [4.69, 9.17) is 10.5 Å². The van der Waals surface area contributed by atoms with E-state index in [0.29, 0.717) is 25.1 Å². The molecule has 2 amide bonds. The van der Waals surface area contributed by atoms with Crippen molar-refractivity contribution in [3.05, 3.63) is 60.2 Å². The summed E-state index contributed by atoms with van der Waals surface area (Å²) >= 11 is 1.27. The van der Waals surface area contributed by atoms with Gasteiger partial charge in [0.05, 0.1) is 24.6 Å². The Balaban J connectivity index is 1.69. The SMILES string of the molecule is COC(=O)CSc1ccccc1NC(=O)[C@@H](N)CCCNC(=O)OCc1ccccc1. The number of nitrogens with two attached hydrogens (primary N) is 1. The maximum atomic E-state index is 12.4. The largest absolute Gasteiger partial charge is 0.468 e. The molecule has 8 nitrogen and oxygen atoms in total. The van der Waals surface area contributed by atoms with Gasteiger partial charge in [-0.2, -0.15) is 0 Å². The van der Waals surface area contributed by atoms with Crippen molar-refractivity contribution in [1.29, 1.82) is 0 Å². The second-order valence-electron chi connectivity index (χ2n) is 6.59. The summed E-state index contributed by atoms with van der Waals surface area (Å²) in [4.78, 5) is 36.2. The van der Waals surface area contributed by atoms with Crippen molar-refractivity contribution in [3.8, 4) is 0 Å². The van der Waals surface area contributed by atoms with Gasteiger partial charge in [0.25, 0.3) is 0 Å². The molecule has 9 heteroatoms. The van der Waals surface area contributed by atoms with E-state index in [-0.39, 0.29) is 24.2 Å². The van der Waals surface area contributed by atoms with Crippen LogP contribution in [-0.2, 0) is 25.7 Å². The lowest BCUT2D eigenvalue weighted by atomic mass is 10.1. The van der Waals surface area contributed by atoms with E-state index in [2.05, 4.69) is 15.4 Å². The van der Waals surface area contributed by atoms with E-state index in [1.165, 1.54) is 18.9 Å². The van der Waals surface area contributed by atoms with Gasteiger partial charge >= 0.3 is 12.1 Å². The first-order chi connectivity index (χ1) is 15.0. The van der Waals surface area contributed by atoms with E-state index < -0.39 is 12.1 Å². The number of amides is 2. The van der Waals surface area contributed by atoms with Gasteiger partial charge in [0.15, 0.2) is 0 Å². The third-order valence-corrected chi connectivity index (χ3v) is 5.28. The predicted molar refractivity (Wildman–Crippen MR) is 120 cm³/mol. The summed E-state index contributed by atoms with van der Waals surface area (Å²) in [7, 11) is 1.33. The van der Waals surface area contributed by atoms with Gasteiger partial charge in [-0.25, -0.2) is 4.79 Å². The van der Waals surface area contributed by atoms with Crippen LogP contribution in [0, 0.1) is 0 Å². The van der Waals surface area contributed by atoms with Gasteiger partial charge in [-0.15, -0.1) is 11.8 Å². The van der Waals surface area contributed by atoms with E-state index in [9.17, 15) is 14.4 Å². The minimum Gasteiger partial charge on any atom is -0.468 e. The molecule has 0 heterocycles. The molecule has 0 aliphatic heterocycles. The van der Waals surface area contributed by atoms with Crippen LogP contribution in [-0.4, -0.2) is 43.4 Å². The Hall–Kier alpha value is -3.04. The molecule has 0 aliphatic carbocycles. The Bertz CT molecular complexity index is 863. The number of carbonyl (C=O) groups is 3. The Morgan fingerprint density at radius 3 is 2.52 bits per heavy atom. The topological polar surface area (TPSA) is 120 Å². The maximum absolute atomic E-state index is 12.4. The van der Waals surface area contributed by atoms with Crippen LogP contribution in [0.1, 0.15) is 18.4 Å². The van der Waals surface area contributed by atoms with E-state index in [1.807, 2.05) is 36.4 Å². The molecule has 0 unspecified atom stereocenters. The molecule has 2 aromatic rings. The van der Waals surface area contributed by atoms with Crippen LogP contribution in [0.15, 0.2) is 59.5 Å². The third-order valence-electron chi connectivity index (χ3n) is 4.23. The number of methoxy groups -OCH3 is 1. The molecule has 4 N–H and O–H groups in total. The fourth-order valence-electron chi connectivity index (χ4n) is 2.53. The Morgan fingerprint density at radius 1 is 1.06 bits per heavy atom. The lowest BCUT2D eigenvalue weighted by Gasteiger charge is -2.15. The van der Waals surface area contributed by atoms with E-state index in [0.717, 1.165) is 10.5 Å². The highest BCUT2D eigenvalue weighted by atomic mass is 32.2. The smallest absolute Gasteiger partial charge is 0.407 e. The molecule has 0 fully saturated rings. The number of rotatable bonds is 11. The minimum absolute atomic E-state index is 0.140. The Kier molecular flexibility index (Phi) is 10.4. The summed E-state index contributed by atoms with van der Waals surface area (Å²) in [6.45, 7) is 0.544. The van der Waals surface area contributed by atoms with Crippen molar-refractivity contribution < 1.29 is 23.9 Å². The average molecular weight is 446 g/mol. The molecule has 2 rings (SSSR count). The highest BCUT2D eigenvalue weighted by Crippen LogP contribution is 2.27. The summed E-state index contributed by atoms with van der Waals surface area (Å²) in [6, 6.07) is 15.8. The maximum Gasteiger partial charge on any atom is 0.407 e. The van der Waals surface area contributed by atoms with Crippen molar-refractivity contribution in [1.82, 2.24) is 5.32 Å².